The number of quaternary nitrogens is 1. The minimum atomic E-state index is -1.35. The third-order valence-corrected chi connectivity index (χ3v) is 2.63. The molecule has 2 unspecified atom stereocenters. The van der Waals surface area contributed by atoms with E-state index in [2.05, 4.69) is 6.92 Å². The molecule has 0 aliphatic rings. The monoisotopic (exact) mass is 222 g/mol. The molecule has 0 aliphatic carbocycles. The Labute approximate surface area is 92.6 Å². The van der Waals surface area contributed by atoms with Gasteiger partial charge in [0.15, 0.2) is 6.17 Å². The van der Waals surface area contributed by atoms with Crippen molar-refractivity contribution in [2.24, 2.45) is 0 Å². The number of alkyl halides is 2. The second-order valence-electron chi connectivity index (χ2n) is 4.19. The van der Waals surface area contributed by atoms with E-state index in [9.17, 15) is 8.78 Å². The number of unbranched alkanes of at least 4 members (excludes halogenated alkanes) is 4. The van der Waals surface area contributed by atoms with Crippen LogP contribution in [0.3, 0.4) is 0 Å². The number of halogens is 2. The van der Waals surface area contributed by atoms with Gasteiger partial charge in [-0.05, 0) is 19.3 Å². The summed E-state index contributed by atoms with van der Waals surface area (Å²) in [7, 11) is 0. The maximum atomic E-state index is 13.2. The Morgan fingerprint density at radius 3 is 2.20 bits per heavy atom. The first-order valence-electron chi connectivity index (χ1n) is 6.33. The normalized spacial score (nSPS) is 15.2. The summed E-state index contributed by atoms with van der Waals surface area (Å²) in [6, 6.07) is 0. The fourth-order valence-corrected chi connectivity index (χ4v) is 1.55. The molecule has 0 saturated heterocycles. The van der Waals surface area contributed by atoms with Gasteiger partial charge in [-0.1, -0.05) is 39.5 Å². The van der Waals surface area contributed by atoms with Crippen LogP contribution in [0.4, 0.5) is 8.78 Å². The highest BCUT2D eigenvalue weighted by Crippen LogP contribution is 2.07. The maximum Gasteiger partial charge on any atom is 0.260 e. The molecule has 0 aromatic rings. The number of hydrogen-bond acceptors (Lipinski definition) is 0. The quantitative estimate of drug-likeness (QED) is 0.432. The van der Waals surface area contributed by atoms with E-state index < -0.39 is 12.5 Å². The van der Waals surface area contributed by atoms with Gasteiger partial charge >= 0.3 is 0 Å². The first-order chi connectivity index (χ1) is 7.22. The molecule has 1 nitrogen and oxygen atoms in total. The first-order valence-corrected chi connectivity index (χ1v) is 6.33. The van der Waals surface area contributed by atoms with E-state index in [-0.39, 0.29) is 0 Å². The summed E-state index contributed by atoms with van der Waals surface area (Å²) in [6.07, 6.45) is 3.95. The molecule has 2 N–H and O–H groups in total. The van der Waals surface area contributed by atoms with Gasteiger partial charge in [0.05, 0.1) is 6.54 Å². The van der Waals surface area contributed by atoms with Gasteiger partial charge in [-0.2, -0.15) is 4.39 Å². The van der Waals surface area contributed by atoms with Crippen LogP contribution in [0.5, 0.6) is 0 Å². The fraction of sp³-hybridized carbons (Fsp3) is 1.00. The Bertz CT molecular complexity index is 131. The van der Waals surface area contributed by atoms with Crippen molar-refractivity contribution in [1.29, 1.82) is 0 Å². The van der Waals surface area contributed by atoms with Gasteiger partial charge in [0, 0.05) is 0 Å². The van der Waals surface area contributed by atoms with E-state index in [0.717, 1.165) is 25.7 Å². The molecule has 0 aromatic carbocycles. The highest BCUT2D eigenvalue weighted by molar-refractivity contribution is 4.56. The van der Waals surface area contributed by atoms with Crippen molar-refractivity contribution >= 4 is 0 Å². The summed E-state index contributed by atoms with van der Waals surface area (Å²) in [4.78, 5) is 0. The lowest BCUT2D eigenvalue weighted by atomic mass is 10.1. The van der Waals surface area contributed by atoms with Crippen molar-refractivity contribution in [3.8, 4) is 0 Å². The van der Waals surface area contributed by atoms with E-state index >= 15 is 0 Å². The summed E-state index contributed by atoms with van der Waals surface area (Å²) in [6.45, 7) is 4.85. The molecule has 0 spiro atoms. The predicted molar refractivity (Wildman–Crippen MR) is 60.3 cm³/mol. The van der Waals surface area contributed by atoms with Gasteiger partial charge in [0.2, 0.25) is 0 Å². The molecule has 0 bridgehead atoms. The zero-order valence-electron chi connectivity index (χ0n) is 10.1. The zero-order valence-corrected chi connectivity index (χ0v) is 10.1. The van der Waals surface area contributed by atoms with Gasteiger partial charge in [0.1, 0.15) is 0 Å². The maximum absolute atomic E-state index is 13.2. The number of hydrogen-bond donors (Lipinski definition) is 1. The van der Waals surface area contributed by atoms with Crippen molar-refractivity contribution in [2.45, 2.75) is 71.3 Å². The average molecular weight is 222 g/mol. The lowest BCUT2D eigenvalue weighted by molar-refractivity contribution is -0.718. The molecule has 0 aromatic heterocycles. The largest absolute Gasteiger partial charge is 0.315 e. The van der Waals surface area contributed by atoms with Gasteiger partial charge in [0.25, 0.3) is 6.30 Å². The molecule has 0 amide bonds. The molecule has 0 aliphatic heterocycles. The van der Waals surface area contributed by atoms with E-state index in [1.165, 1.54) is 18.2 Å². The molecule has 92 valence electrons. The van der Waals surface area contributed by atoms with Crippen molar-refractivity contribution < 1.29 is 14.1 Å². The Balaban J connectivity index is 3.34. The summed E-state index contributed by atoms with van der Waals surface area (Å²) in [5, 5.41) is 1.51. The van der Waals surface area contributed by atoms with Crippen LogP contribution < -0.4 is 5.32 Å². The Hall–Kier alpha value is -0.180. The minimum Gasteiger partial charge on any atom is -0.315 e. The Morgan fingerprint density at radius 1 is 0.933 bits per heavy atom. The molecule has 0 rings (SSSR count). The third kappa shape index (κ3) is 8.79. The lowest BCUT2D eigenvalue weighted by Crippen LogP contribution is -2.90. The topological polar surface area (TPSA) is 16.6 Å². The molecular weight excluding hydrogens is 196 g/mol. The van der Waals surface area contributed by atoms with Crippen LogP contribution in [0.15, 0.2) is 0 Å². The molecular formula is C12H26F2N+. The Morgan fingerprint density at radius 2 is 1.60 bits per heavy atom. The van der Waals surface area contributed by atoms with E-state index in [1.54, 1.807) is 0 Å². The van der Waals surface area contributed by atoms with Crippen LogP contribution in [0.1, 0.15) is 58.8 Å². The van der Waals surface area contributed by atoms with Crippen molar-refractivity contribution in [3.05, 3.63) is 0 Å². The second kappa shape index (κ2) is 10.3. The molecule has 0 saturated carbocycles. The number of rotatable bonds is 10. The van der Waals surface area contributed by atoms with E-state index in [1.807, 2.05) is 6.92 Å². The second-order valence-corrected chi connectivity index (χ2v) is 4.19. The summed E-state index contributed by atoms with van der Waals surface area (Å²) < 4.78 is 26.4. The van der Waals surface area contributed by atoms with E-state index in [4.69, 9.17) is 0 Å². The van der Waals surface area contributed by atoms with Crippen LogP contribution in [-0.4, -0.2) is 19.0 Å². The summed E-state index contributed by atoms with van der Waals surface area (Å²) in [5.41, 5.74) is 0. The van der Waals surface area contributed by atoms with Crippen LogP contribution in [-0.2, 0) is 0 Å². The van der Waals surface area contributed by atoms with Crippen molar-refractivity contribution in [3.63, 3.8) is 0 Å². The number of nitrogens with two attached hydrogens (primary N) is 1. The first kappa shape index (κ1) is 14.8. The Kier molecular flexibility index (Phi) is 10.2. The van der Waals surface area contributed by atoms with Gasteiger partial charge in [-0.3, -0.25) is 0 Å². The van der Waals surface area contributed by atoms with Crippen molar-refractivity contribution in [2.75, 3.05) is 6.54 Å². The molecule has 0 heterocycles. The average Bonchev–Trinajstić information content (AvgIpc) is 2.25. The SMILES string of the molecule is CCCCCC[NH2+]C(F)C(F)CCCC. The third-order valence-electron chi connectivity index (χ3n) is 2.63. The highest BCUT2D eigenvalue weighted by atomic mass is 19.2. The molecule has 0 fully saturated rings. The molecule has 3 heteroatoms. The standard InChI is InChI=1S/C12H25F2N/c1-3-5-7-8-10-15-12(14)11(13)9-6-4-2/h11-12,15H,3-10H2,1-2H3/p+1. The van der Waals surface area contributed by atoms with Crippen molar-refractivity contribution in [1.82, 2.24) is 0 Å². The summed E-state index contributed by atoms with van der Waals surface area (Å²) in [5.74, 6) is 0. The van der Waals surface area contributed by atoms with Gasteiger partial charge in [-0.15, -0.1) is 0 Å². The van der Waals surface area contributed by atoms with Gasteiger partial charge < -0.3 is 5.32 Å². The summed E-state index contributed by atoms with van der Waals surface area (Å²) >= 11 is 0. The van der Waals surface area contributed by atoms with Crippen LogP contribution in [0.2, 0.25) is 0 Å². The highest BCUT2D eigenvalue weighted by Gasteiger charge is 2.21. The van der Waals surface area contributed by atoms with Crippen LogP contribution >= 0.6 is 0 Å². The predicted octanol–water partition coefficient (Wildman–Crippen LogP) is 2.95. The molecule has 15 heavy (non-hydrogen) atoms. The van der Waals surface area contributed by atoms with Crippen LogP contribution in [0.25, 0.3) is 0 Å². The molecule has 0 radical (unpaired) electrons. The zero-order chi connectivity index (χ0) is 11.5. The smallest absolute Gasteiger partial charge is 0.260 e. The molecule has 2 atom stereocenters. The van der Waals surface area contributed by atoms with E-state index in [0.29, 0.717) is 13.0 Å². The van der Waals surface area contributed by atoms with Crippen LogP contribution in [0, 0.1) is 0 Å². The fourth-order valence-electron chi connectivity index (χ4n) is 1.55. The lowest BCUT2D eigenvalue weighted by Gasteiger charge is -2.11. The van der Waals surface area contributed by atoms with Gasteiger partial charge in [-0.25, -0.2) is 4.39 Å². The minimum absolute atomic E-state index is 0.364.